The topological polar surface area (TPSA) is 49.4 Å². The highest BCUT2D eigenvalue weighted by Gasteiger charge is 2.27. The smallest absolute Gasteiger partial charge is 0.230 e. The fraction of sp³-hybridized carbons (Fsp3) is 0.467. The maximum absolute atomic E-state index is 11.8. The van der Waals surface area contributed by atoms with E-state index in [4.69, 9.17) is 0 Å². The first-order valence-corrected chi connectivity index (χ1v) is 6.75. The predicted octanol–water partition coefficient (Wildman–Crippen LogP) is 1.23. The van der Waals surface area contributed by atoms with E-state index in [2.05, 4.69) is 35.5 Å². The molecule has 1 saturated heterocycles. The number of imide groups is 1. The van der Waals surface area contributed by atoms with Gasteiger partial charge in [0.15, 0.2) is 0 Å². The van der Waals surface area contributed by atoms with Crippen molar-refractivity contribution in [3.8, 4) is 0 Å². The average Bonchev–Trinajstić information content (AvgIpc) is 2.72. The van der Waals surface area contributed by atoms with E-state index in [1.165, 1.54) is 16.7 Å². The molecule has 1 unspecified atom stereocenters. The number of carbonyl (C=O) groups is 2. The molecule has 0 spiro atoms. The monoisotopic (exact) mass is 258 g/mol. The van der Waals surface area contributed by atoms with Crippen molar-refractivity contribution in [1.29, 1.82) is 0 Å². The van der Waals surface area contributed by atoms with Crippen LogP contribution in [0.5, 0.6) is 0 Å². The van der Waals surface area contributed by atoms with E-state index in [0.717, 1.165) is 19.5 Å². The Labute approximate surface area is 112 Å². The predicted molar refractivity (Wildman–Crippen MR) is 71.2 cm³/mol. The Morgan fingerprint density at radius 1 is 1.26 bits per heavy atom. The summed E-state index contributed by atoms with van der Waals surface area (Å²) in [5.74, 6) is -0.319. The minimum absolute atomic E-state index is 0.0603. The van der Waals surface area contributed by atoms with Gasteiger partial charge in [-0.2, -0.15) is 0 Å². The van der Waals surface area contributed by atoms with Crippen LogP contribution in [0.1, 0.15) is 29.5 Å². The molecule has 0 aliphatic carbocycles. The number of hydrogen-bond acceptors (Lipinski definition) is 3. The molecule has 2 aliphatic rings. The zero-order chi connectivity index (χ0) is 13.4. The zero-order valence-electron chi connectivity index (χ0n) is 11.1. The van der Waals surface area contributed by atoms with Gasteiger partial charge in [-0.25, -0.2) is 0 Å². The van der Waals surface area contributed by atoms with E-state index in [1.807, 2.05) is 0 Å². The van der Waals surface area contributed by atoms with Crippen LogP contribution >= 0.6 is 0 Å². The van der Waals surface area contributed by atoms with Gasteiger partial charge in [0.25, 0.3) is 0 Å². The molecule has 4 nitrogen and oxygen atoms in total. The van der Waals surface area contributed by atoms with Crippen molar-refractivity contribution in [2.75, 3.05) is 7.05 Å². The lowest BCUT2D eigenvalue weighted by Crippen LogP contribution is -2.41. The molecule has 19 heavy (non-hydrogen) atoms. The van der Waals surface area contributed by atoms with Gasteiger partial charge in [0.1, 0.15) is 0 Å². The molecule has 2 aliphatic heterocycles. The summed E-state index contributed by atoms with van der Waals surface area (Å²) in [5, 5.41) is 2.42. The lowest BCUT2D eigenvalue weighted by Gasteiger charge is -2.20. The molecule has 0 bridgehead atoms. The van der Waals surface area contributed by atoms with Crippen molar-refractivity contribution in [2.24, 2.45) is 5.92 Å². The van der Waals surface area contributed by atoms with Gasteiger partial charge in [0.05, 0.1) is 0 Å². The molecular formula is C15H18N2O2. The molecule has 1 fully saturated rings. The first kappa shape index (κ1) is 12.4. The second kappa shape index (κ2) is 4.78. The van der Waals surface area contributed by atoms with E-state index < -0.39 is 0 Å². The van der Waals surface area contributed by atoms with Crippen LogP contribution in [0.4, 0.5) is 0 Å². The van der Waals surface area contributed by atoms with Gasteiger partial charge in [0, 0.05) is 25.4 Å². The molecule has 3 rings (SSSR count). The Kier molecular flexibility index (Phi) is 3.11. The summed E-state index contributed by atoms with van der Waals surface area (Å²) in [7, 11) is 2.11. The summed E-state index contributed by atoms with van der Waals surface area (Å²) in [5.41, 5.74) is 3.95. The molecule has 4 heteroatoms. The molecule has 0 radical (unpaired) electrons. The van der Waals surface area contributed by atoms with E-state index in [1.54, 1.807) is 0 Å². The first-order valence-electron chi connectivity index (χ1n) is 6.75. The standard InChI is InChI=1S/C15H18N2O2/c1-17-8-12-3-2-10(7-13(12)9-17)6-11-4-5-14(18)16-15(11)19/h2-3,7,11H,4-6,8-9H2,1H3,(H,16,18,19). The van der Waals surface area contributed by atoms with Crippen LogP contribution in [0.25, 0.3) is 0 Å². The zero-order valence-corrected chi connectivity index (χ0v) is 11.1. The summed E-state index contributed by atoms with van der Waals surface area (Å²) in [6.45, 7) is 1.99. The number of nitrogens with one attached hydrogen (secondary N) is 1. The quantitative estimate of drug-likeness (QED) is 0.812. The van der Waals surface area contributed by atoms with Gasteiger partial charge in [-0.05, 0) is 36.6 Å². The third-order valence-electron chi connectivity index (χ3n) is 3.99. The summed E-state index contributed by atoms with van der Waals surface area (Å²) < 4.78 is 0. The highest BCUT2D eigenvalue weighted by atomic mass is 16.2. The third-order valence-corrected chi connectivity index (χ3v) is 3.99. The molecule has 1 N–H and O–H groups in total. The summed E-state index contributed by atoms with van der Waals surface area (Å²) in [6.07, 6.45) is 1.86. The van der Waals surface area contributed by atoms with Gasteiger partial charge in [-0.15, -0.1) is 0 Å². The molecule has 100 valence electrons. The van der Waals surface area contributed by atoms with E-state index in [0.29, 0.717) is 12.8 Å². The van der Waals surface area contributed by atoms with E-state index in [9.17, 15) is 9.59 Å². The van der Waals surface area contributed by atoms with Crippen LogP contribution in [0.15, 0.2) is 18.2 Å². The fourth-order valence-corrected chi connectivity index (χ4v) is 2.96. The fourth-order valence-electron chi connectivity index (χ4n) is 2.96. The van der Waals surface area contributed by atoms with Crippen LogP contribution in [-0.4, -0.2) is 23.8 Å². The highest BCUT2D eigenvalue weighted by molar-refractivity contribution is 5.98. The molecule has 1 aromatic rings. The van der Waals surface area contributed by atoms with Crippen LogP contribution in [0.2, 0.25) is 0 Å². The van der Waals surface area contributed by atoms with Crippen LogP contribution in [-0.2, 0) is 29.1 Å². The first-order chi connectivity index (χ1) is 9.11. The molecule has 1 atom stereocenters. The summed E-state index contributed by atoms with van der Waals surface area (Å²) in [6, 6.07) is 6.49. The lowest BCUT2D eigenvalue weighted by atomic mass is 9.90. The van der Waals surface area contributed by atoms with E-state index >= 15 is 0 Å². The Morgan fingerprint density at radius 3 is 2.84 bits per heavy atom. The average molecular weight is 258 g/mol. The Balaban J connectivity index is 1.72. The Morgan fingerprint density at radius 2 is 2.05 bits per heavy atom. The maximum Gasteiger partial charge on any atom is 0.230 e. The molecule has 0 saturated carbocycles. The van der Waals surface area contributed by atoms with Gasteiger partial charge < -0.3 is 0 Å². The maximum atomic E-state index is 11.8. The number of hydrogen-bond donors (Lipinski definition) is 1. The van der Waals surface area contributed by atoms with Crippen LogP contribution in [0.3, 0.4) is 0 Å². The number of nitrogens with zero attached hydrogens (tertiary/aromatic N) is 1. The number of rotatable bonds is 2. The van der Waals surface area contributed by atoms with Crippen molar-refractivity contribution in [1.82, 2.24) is 10.2 Å². The summed E-state index contributed by atoms with van der Waals surface area (Å²) in [4.78, 5) is 25.2. The number of amides is 2. The number of piperidine rings is 1. The van der Waals surface area contributed by atoms with Crippen molar-refractivity contribution in [3.05, 3.63) is 34.9 Å². The molecule has 0 aromatic heterocycles. The second-order valence-electron chi connectivity index (χ2n) is 5.63. The lowest BCUT2D eigenvalue weighted by molar-refractivity contribution is -0.136. The van der Waals surface area contributed by atoms with Crippen molar-refractivity contribution in [3.63, 3.8) is 0 Å². The van der Waals surface area contributed by atoms with Gasteiger partial charge in [-0.1, -0.05) is 18.2 Å². The number of carbonyl (C=O) groups excluding carboxylic acids is 2. The molecule has 2 amide bonds. The van der Waals surface area contributed by atoms with Gasteiger partial charge in [0.2, 0.25) is 11.8 Å². The Bertz CT molecular complexity index is 539. The highest BCUT2D eigenvalue weighted by Crippen LogP contribution is 2.25. The molecule has 1 aromatic carbocycles. The van der Waals surface area contributed by atoms with Crippen LogP contribution < -0.4 is 5.32 Å². The van der Waals surface area contributed by atoms with Gasteiger partial charge >= 0.3 is 0 Å². The van der Waals surface area contributed by atoms with Gasteiger partial charge in [-0.3, -0.25) is 19.8 Å². The van der Waals surface area contributed by atoms with Crippen molar-refractivity contribution in [2.45, 2.75) is 32.4 Å². The summed E-state index contributed by atoms with van der Waals surface area (Å²) >= 11 is 0. The van der Waals surface area contributed by atoms with E-state index in [-0.39, 0.29) is 17.7 Å². The number of fused-ring (bicyclic) bond motifs is 1. The minimum atomic E-state index is -0.142. The minimum Gasteiger partial charge on any atom is -0.298 e. The SMILES string of the molecule is CN1Cc2ccc(CC3CCC(=O)NC3=O)cc2C1. The second-order valence-corrected chi connectivity index (χ2v) is 5.63. The van der Waals surface area contributed by atoms with Crippen molar-refractivity contribution < 1.29 is 9.59 Å². The molecule has 2 heterocycles. The Hall–Kier alpha value is -1.68. The normalized spacial score (nSPS) is 23.3. The number of benzene rings is 1. The largest absolute Gasteiger partial charge is 0.298 e. The molecular weight excluding hydrogens is 240 g/mol. The van der Waals surface area contributed by atoms with Crippen LogP contribution in [0, 0.1) is 5.92 Å². The third kappa shape index (κ3) is 2.54. The van der Waals surface area contributed by atoms with Crippen molar-refractivity contribution >= 4 is 11.8 Å².